The standard InChI is InChI=1S/C29H49N3O3/c1-19(31-35-27(34)32(4)18-21-7-5-6-16-30-21)24-10-11-25-23-9-8-20-17-22(33)12-14-28(20,2)26(23)13-15-29(24,25)3/h20-26,30,33H,5-18H2,1-4H3/b31-19+/t20-,21?,22+,23+,24-,25+,26+,28+,29-/m1/s1. The summed E-state index contributed by atoms with van der Waals surface area (Å²) in [5, 5.41) is 18.2. The minimum absolute atomic E-state index is 0.0751. The highest BCUT2D eigenvalue weighted by molar-refractivity contribution is 5.85. The van der Waals surface area contributed by atoms with E-state index in [9.17, 15) is 9.90 Å². The van der Waals surface area contributed by atoms with Crippen molar-refractivity contribution in [2.24, 2.45) is 45.6 Å². The minimum atomic E-state index is -0.342. The first-order valence-electron chi connectivity index (χ1n) is 14.6. The lowest BCUT2D eigenvalue weighted by atomic mass is 9.44. The van der Waals surface area contributed by atoms with Crippen molar-refractivity contribution in [2.75, 3.05) is 20.1 Å². The van der Waals surface area contributed by atoms with Gasteiger partial charge in [0.15, 0.2) is 0 Å². The van der Waals surface area contributed by atoms with Gasteiger partial charge >= 0.3 is 6.09 Å². The average Bonchev–Trinajstić information content (AvgIpc) is 3.20. The van der Waals surface area contributed by atoms with Crippen molar-refractivity contribution < 1.29 is 14.7 Å². The number of fused-ring (bicyclic) bond motifs is 5. The molecular formula is C29H49N3O3. The molecule has 1 amide bonds. The van der Waals surface area contributed by atoms with E-state index in [4.69, 9.17) is 4.84 Å². The summed E-state index contributed by atoms with van der Waals surface area (Å²) >= 11 is 0. The van der Waals surface area contributed by atoms with Crippen LogP contribution in [0.15, 0.2) is 5.16 Å². The molecule has 35 heavy (non-hydrogen) atoms. The Kier molecular flexibility index (Phi) is 7.26. The fraction of sp³-hybridized carbons (Fsp3) is 0.931. The third-order valence-corrected chi connectivity index (χ3v) is 11.6. The van der Waals surface area contributed by atoms with E-state index in [-0.39, 0.29) is 17.6 Å². The van der Waals surface area contributed by atoms with Gasteiger partial charge in [0.25, 0.3) is 0 Å². The largest absolute Gasteiger partial charge is 0.435 e. The number of aliphatic hydroxyl groups excluding tert-OH is 1. The Bertz CT molecular complexity index is 811. The molecule has 9 atom stereocenters. The summed E-state index contributed by atoms with van der Waals surface area (Å²) < 4.78 is 0. The number of hydrogen-bond acceptors (Lipinski definition) is 5. The Hall–Kier alpha value is -1.14. The SMILES string of the molecule is C/C(=N\OC(=O)N(C)CC1CCCCN1)[C@H]1CC[C@H]2[C@@H]3CC[C@@H]4C[C@@H](O)CC[C@]4(C)[C@H]3CC[C@]12C. The van der Waals surface area contributed by atoms with Crippen molar-refractivity contribution in [3.05, 3.63) is 0 Å². The molecular weight excluding hydrogens is 438 g/mol. The first-order chi connectivity index (χ1) is 16.7. The normalized spacial score (nSPS) is 45.7. The summed E-state index contributed by atoms with van der Waals surface area (Å²) in [6.45, 7) is 8.86. The third kappa shape index (κ3) is 4.67. The number of hydrogen-bond donors (Lipinski definition) is 2. The maximum atomic E-state index is 12.6. The number of carbonyl (C=O) groups excluding carboxylic acids is 1. The number of rotatable bonds is 4. The highest BCUT2D eigenvalue weighted by atomic mass is 16.7. The summed E-state index contributed by atoms with van der Waals surface area (Å²) in [5.74, 6) is 3.47. The van der Waals surface area contributed by atoms with Crippen molar-refractivity contribution in [1.82, 2.24) is 10.2 Å². The molecule has 5 rings (SSSR count). The Labute approximate surface area is 212 Å². The van der Waals surface area contributed by atoms with E-state index in [1.165, 1.54) is 51.4 Å². The first-order valence-corrected chi connectivity index (χ1v) is 14.6. The average molecular weight is 488 g/mol. The van der Waals surface area contributed by atoms with Gasteiger partial charge in [-0.25, -0.2) is 4.79 Å². The van der Waals surface area contributed by atoms with Gasteiger partial charge in [0.1, 0.15) is 0 Å². The van der Waals surface area contributed by atoms with Crippen molar-refractivity contribution >= 4 is 11.8 Å². The number of carbonyl (C=O) groups is 1. The van der Waals surface area contributed by atoms with Gasteiger partial charge in [-0.15, -0.1) is 0 Å². The molecule has 5 fully saturated rings. The minimum Gasteiger partial charge on any atom is -0.393 e. The van der Waals surface area contributed by atoms with E-state index in [2.05, 4.69) is 31.2 Å². The summed E-state index contributed by atoms with van der Waals surface area (Å²) in [6, 6.07) is 0.362. The number of likely N-dealkylation sites (N-methyl/N-ethyl adjacent to an activating group) is 1. The number of oxime groups is 1. The van der Waals surface area contributed by atoms with Gasteiger partial charge in [0.05, 0.1) is 11.8 Å². The number of aliphatic hydroxyl groups is 1. The van der Waals surface area contributed by atoms with E-state index in [1.807, 2.05) is 7.05 Å². The van der Waals surface area contributed by atoms with E-state index in [0.29, 0.717) is 29.8 Å². The molecule has 5 aliphatic rings. The molecule has 4 aliphatic carbocycles. The molecule has 0 aromatic heterocycles. The van der Waals surface area contributed by atoms with Crippen LogP contribution in [0.25, 0.3) is 0 Å². The predicted octanol–water partition coefficient (Wildman–Crippen LogP) is 5.59. The smallest absolute Gasteiger partial charge is 0.393 e. The van der Waals surface area contributed by atoms with Crippen LogP contribution < -0.4 is 5.32 Å². The highest BCUT2D eigenvalue weighted by Gasteiger charge is 2.60. The molecule has 1 saturated heterocycles. The Morgan fingerprint density at radius 1 is 1.03 bits per heavy atom. The number of piperidine rings is 1. The lowest BCUT2D eigenvalue weighted by molar-refractivity contribution is -0.123. The van der Waals surface area contributed by atoms with Gasteiger partial charge in [-0.1, -0.05) is 25.4 Å². The Balaban J connectivity index is 1.22. The molecule has 1 unspecified atom stereocenters. The zero-order valence-corrected chi connectivity index (χ0v) is 22.6. The maximum absolute atomic E-state index is 12.6. The van der Waals surface area contributed by atoms with Crippen molar-refractivity contribution in [2.45, 2.75) is 110 Å². The van der Waals surface area contributed by atoms with Crippen LogP contribution in [-0.4, -0.2) is 54.1 Å². The van der Waals surface area contributed by atoms with Gasteiger partial charge in [-0.05, 0) is 119 Å². The van der Waals surface area contributed by atoms with Crippen LogP contribution in [0.2, 0.25) is 0 Å². The Morgan fingerprint density at radius 3 is 2.57 bits per heavy atom. The van der Waals surface area contributed by atoms with Crippen LogP contribution >= 0.6 is 0 Å². The fourth-order valence-corrected chi connectivity index (χ4v) is 9.65. The monoisotopic (exact) mass is 487 g/mol. The quantitative estimate of drug-likeness (QED) is 0.308. The summed E-state index contributed by atoms with van der Waals surface area (Å²) in [7, 11) is 1.82. The lowest BCUT2D eigenvalue weighted by Gasteiger charge is -2.61. The van der Waals surface area contributed by atoms with Gasteiger partial charge in [0, 0.05) is 25.6 Å². The van der Waals surface area contributed by atoms with Gasteiger partial charge in [-0.3, -0.25) is 4.84 Å². The zero-order valence-electron chi connectivity index (χ0n) is 22.6. The van der Waals surface area contributed by atoms with Crippen molar-refractivity contribution in [3.8, 4) is 0 Å². The van der Waals surface area contributed by atoms with Gasteiger partial charge in [-0.2, -0.15) is 0 Å². The number of amides is 1. The van der Waals surface area contributed by atoms with E-state index in [1.54, 1.807) is 4.90 Å². The van der Waals surface area contributed by atoms with Crippen LogP contribution in [0.3, 0.4) is 0 Å². The first kappa shape index (κ1) is 25.5. The Morgan fingerprint density at radius 2 is 1.80 bits per heavy atom. The molecule has 6 heteroatoms. The molecule has 6 nitrogen and oxygen atoms in total. The molecule has 1 heterocycles. The van der Waals surface area contributed by atoms with Crippen LogP contribution in [0.4, 0.5) is 4.79 Å². The van der Waals surface area contributed by atoms with Crippen LogP contribution in [-0.2, 0) is 4.84 Å². The van der Waals surface area contributed by atoms with Gasteiger partial charge in [0.2, 0.25) is 0 Å². The van der Waals surface area contributed by atoms with E-state index < -0.39 is 0 Å². The second kappa shape index (κ2) is 9.96. The van der Waals surface area contributed by atoms with Gasteiger partial charge < -0.3 is 15.3 Å². The lowest BCUT2D eigenvalue weighted by Crippen LogP contribution is -2.54. The number of nitrogens with zero attached hydrogens (tertiary/aromatic N) is 2. The topological polar surface area (TPSA) is 74.2 Å². The van der Waals surface area contributed by atoms with E-state index in [0.717, 1.165) is 55.7 Å². The van der Waals surface area contributed by atoms with Crippen LogP contribution in [0.5, 0.6) is 0 Å². The molecule has 0 spiro atoms. The summed E-state index contributed by atoms with van der Waals surface area (Å²) in [5.41, 5.74) is 1.68. The summed E-state index contributed by atoms with van der Waals surface area (Å²) in [6.07, 6.45) is 14.0. The third-order valence-electron chi connectivity index (χ3n) is 11.6. The molecule has 198 valence electrons. The zero-order chi connectivity index (χ0) is 24.8. The molecule has 4 saturated carbocycles. The molecule has 1 aliphatic heterocycles. The number of nitrogens with one attached hydrogen (secondary N) is 1. The molecule has 0 aromatic carbocycles. The van der Waals surface area contributed by atoms with Crippen molar-refractivity contribution in [3.63, 3.8) is 0 Å². The predicted molar refractivity (Wildman–Crippen MR) is 139 cm³/mol. The molecule has 0 radical (unpaired) electrons. The molecule has 2 N–H and O–H groups in total. The fourth-order valence-electron chi connectivity index (χ4n) is 9.65. The molecule has 0 aromatic rings. The van der Waals surface area contributed by atoms with Crippen molar-refractivity contribution in [1.29, 1.82) is 0 Å². The second-order valence-electron chi connectivity index (χ2n) is 13.4. The van der Waals surface area contributed by atoms with E-state index >= 15 is 0 Å². The summed E-state index contributed by atoms with van der Waals surface area (Å²) in [4.78, 5) is 19.8. The highest BCUT2D eigenvalue weighted by Crippen LogP contribution is 2.67. The maximum Gasteiger partial charge on any atom is 0.435 e. The second-order valence-corrected chi connectivity index (χ2v) is 13.4. The van der Waals surface area contributed by atoms with Crippen LogP contribution in [0.1, 0.15) is 97.8 Å². The van der Waals surface area contributed by atoms with Crippen LogP contribution in [0, 0.1) is 40.4 Å². The molecule has 0 bridgehead atoms.